The third-order valence-electron chi connectivity index (χ3n) is 3.87. The summed E-state index contributed by atoms with van der Waals surface area (Å²) in [6.07, 6.45) is 1.88. The summed E-state index contributed by atoms with van der Waals surface area (Å²) in [7, 11) is 0. The molecular weight excluding hydrogens is 264 g/mol. The lowest BCUT2D eigenvalue weighted by atomic mass is 10.1. The summed E-state index contributed by atoms with van der Waals surface area (Å²) in [6, 6.07) is 0. The highest BCUT2D eigenvalue weighted by Gasteiger charge is 2.21. The highest BCUT2D eigenvalue weighted by Crippen LogP contribution is 2.22. The van der Waals surface area contributed by atoms with Crippen molar-refractivity contribution in [2.75, 3.05) is 37.6 Å². The highest BCUT2D eigenvalue weighted by atomic mass is 16.3. The van der Waals surface area contributed by atoms with Crippen molar-refractivity contribution in [1.82, 2.24) is 14.9 Å². The molecule has 0 aliphatic carbocycles. The Morgan fingerprint density at radius 3 is 2.33 bits per heavy atom. The molecule has 21 heavy (non-hydrogen) atoms. The number of rotatable bonds is 5. The molecule has 0 aromatic carbocycles. The number of nitrogens with zero attached hydrogens (tertiary/aromatic N) is 4. The van der Waals surface area contributed by atoms with Gasteiger partial charge in [-0.25, -0.2) is 9.97 Å². The van der Waals surface area contributed by atoms with E-state index in [4.69, 9.17) is 0 Å². The summed E-state index contributed by atoms with van der Waals surface area (Å²) in [4.78, 5) is 13.8. The molecule has 1 aliphatic rings. The monoisotopic (exact) mass is 292 g/mol. The van der Waals surface area contributed by atoms with Crippen LogP contribution in [0, 0.1) is 5.92 Å². The van der Waals surface area contributed by atoms with Gasteiger partial charge in [0.05, 0.1) is 24.2 Å². The number of hydrogen-bond donors (Lipinski definition) is 1. The van der Waals surface area contributed by atoms with Gasteiger partial charge in [-0.2, -0.15) is 0 Å². The van der Waals surface area contributed by atoms with Crippen LogP contribution in [0.3, 0.4) is 0 Å². The van der Waals surface area contributed by atoms with Crippen LogP contribution in [-0.4, -0.2) is 52.7 Å². The summed E-state index contributed by atoms with van der Waals surface area (Å²) in [5, 5.41) is 9.60. The molecule has 5 nitrogen and oxygen atoms in total. The van der Waals surface area contributed by atoms with Crippen molar-refractivity contribution >= 4 is 5.69 Å². The van der Waals surface area contributed by atoms with Crippen LogP contribution >= 0.6 is 0 Å². The van der Waals surface area contributed by atoms with E-state index in [1.165, 1.54) is 0 Å². The zero-order chi connectivity index (χ0) is 15.4. The van der Waals surface area contributed by atoms with Gasteiger partial charge >= 0.3 is 0 Å². The van der Waals surface area contributed by atoms with Gasteiger partial charge in [-0.1, -0.05) is 27.7 Å². The van der Waals surface area contributed by atoms with Crippen LogP contribution in [0.15, 0.2) is 6.20 Å². The molecule has 1 aromatic rings. The van der Waals surface area contributed by atoms with Gasteiger partial charge in [0.2, 0.25) is 0 Å². The first kappa shape index (κ1) is 16.2. The molecule has 118 valence electrons. The second-order valence-electron chi connectivity index (χ2n) is 6.55. The van der Waals surface area contributed by atoms with E-state index in [0.29, 0.717) is 5.92 Å². The minimum atomic E-state index is -0.0240. The zero-order valence-electron chi connectivity index (χ0n) is 13.7. The van der Waals surface area contributed by atoms with Crippen molar-refractivity contribution in [2.24, 2.45) is 5.92 Å². The average molecular weight is 292 g/mol. The zero-order valence-corrected chi connectivity index (χ0v) is 13.7. The molecule has 0 unspecified atom stereocenters. The van der Waals surface area contributed by atoms with Crippen LogP contribution in [0.25, 0.3) is 0 Å². The van der Waals surface area contributed by atoms with E-state index in [1.54, 1.807) is 0 Å². The van der Waals surface area contributed by atoms with Gasteiger partial charge in [0.25, 0.3) is 0 Å². The number of aromatic nitrogens is 2. The van der Waals surface area contributed by atoms with Crippen molar-refractivity contribution in [3.8, 4) is 0 Å². The lowest BCUT2D eigenvalue weighted by Gasteiger charge is -2.37. The Morgan fingerprint density at radius 2 is 1.81 bits per heavy atom. The van der Waals surface area contributed by atoms with E-state index < -0.39 is 0 Å². The Labute approximate surface area is 128 Å². The number of piperazine rings is 1. The van der Waals surface area contributed by atoms with Crippen molar-refractivity contribution < 1.29 is 5.11 Å². The molecule has 0 bridgehead atoms. The molecule has 1 aromatic heterocycles. The minimum Gasteiger partial charge on any atom is -0.390 e. The van der Waals surface area contributed by atoms with Crippen LogP contribution in [0.5, 0.6) is 0 Å². The van der Waals surface area contributed by atoms with Crippen LogP contribution in [0.4, 0.5) is 5.69 Å². The Kier molecular flexibility index (Phi) is 5.53. The van der Waals surface area contributed by atoms with Crippen LogP contribution in [0.2, 0.25) is 0 Å². The molecule has 1 N–H and O–H groups in total. The van der Waals surface area contributed by atoms with Crippen molar-refractivity contribution in [3.05, 3.63) is 17.7 Å². The Bertz CT molecular complexity index is 454. The lowest BCUT2D eigenvalue weighted by Crippen LogP contribution is -2.47. The Morgan fingerprint density at radius 1 is 1.14 bits per heavy atom. The van der Waals surface area contributed by atoms with E-state index in [0.717, 1.165) is 49.9 Å². The highest BCUT2D eigenvalue weighted by molar-refractivity contribution is 5.49. The molecule has 5 heteroatoms. The summed E-state index contributed by atoms with van der Waals surface area (Å²) < 4.78 is 0. The maximum atomic E-state index is 9.60. The molecular formula is C16H28N4O. The van der Waals surface area contributed by atoms with E-state index in [2.05, 4.69) is 47.5 Å². The van der Waals surface area contributed by atoms with Gasteiger partial charge in [0.1, 0.15) is 5.82 Å². The van der Waals surface area contributed by atoms with Crippen LogP contribution in [-0.2, 0) is 6.61 Å². The van der Waals surface area contributed by atoms with Gasteiger partial charge in [-0.05, 0) is 5.92 Å². The molecule has 2 heterocycles. The SMILES string of the molecule is CC(C)CN1CCN(c2cnc(C(C)C)nc2CO)CC1. The van der Waals surface area contributed by atoms with Gasteiger partial charge in [0, 0.05) is 38.6 Å². The number of aliphatic hydroxyl groups is 1. The molecule has 0 radical (unpaired) electrons. The van der Waals surface area contributed by atoms with Gasteiger partial charge < -0.3 is 10.0 Å². The largest absolute Gasteiger partial charge is 0.390 e. The topological polar surface area (TPSA) is 52.5 Å². The molecule has 0 saturated carbocycles. The first-order valence-corrected chi connectivity index (χ1v) is 7.95. The molecule has 1 aliphatic heterocycles. The normalized spacial score (nSPS) is 17.0. The molecule has 1 saturated heterocycles. The fourth-order valence-electron chi connectivity index (χ4n) is 2.77. The van der Waals surface area contributed by atoms with E-state index >= 15 is 0 Å². The predicted molar refractivity (Wildman–Crippen MR) is 85.5 cm³/mol. The van der Waals surface area contributed by atoms with Gasteiger partial charge in [-0.3, -0.25) is 4.90 Å². The van der Waals surface area contributed by atoms with Crippen molar-refractivity contribution in [2.45, 2.75) is 40.2 Å². The number of anilines is 1. The fourth-order valence-corrected chi connectivity index (χ4v) is 2.77. The van der Waals surface area contributed by atoms with Gasteiger partial charge in [-0.15, -0.1) is 0 Å². The molecule has 0 spiro atoms. The lowest BCUT2D eigenvalue weighted by molar-refractivity contribution is 0.230. The first-order chi connectivity index (χ1) is 10.0. The molecule has 0 amide bonds. The summed E-state index contributed by atoms with van der Waals surface area (Å²) in [5.74, 6) is 1.80. The van der Waals surface area contributed by atoms with E-state index in [9.17, 15) is 5.11 Å². The maximum absolute atomic E-state index is 9.60. The Balaban J connectivity index is 2.06. The second kappa shape index (κ2) is 7.18. The third kappa shape index (κ3) is 4.14. The smallest absolute Gasteiger partial charge is 0.131 e. The average Bonchev–Trinajstić information content (AvgIpc) is 2.46. The number of aliphatic hydroxyl groups excluding tert-OH is 1. The van der Waals surface area contributed by atoms with Crippen LogP contribution < -0.4 is 4.90 Å². The van der Waals surface area contributed by atoms with Crippen molar-refractivity contribution in [1.29, 1.82) is 0 Å². The predicted octanol–water partition coefficient (Wildman–Crippen LogP) is 1.87. The van der Waals surface area contributed by atoms with Gasteiger partial charge in [0.15, 0.2) is 0 Å². The molecule has 0 atom stereocenters. The summed E-state index contributed by atoms with van der Waals surface area (Å²) >= 11 is 0. The fraction of sp³-hybridized carbons (Fsp3) is 0.750. The maximum Gasteiger partial charge on any atom is 0.131 e. The van der Waals surface area contributed by atoms with Crippen LogP contribution in [0.1, 0.15) is 45.1 Å². The number of hydrogen-bond acceptors (Lipinski definition) is 5. The first-order valence-electron chi connectivity index (χ1n) is 7.95. The molecule has 2 rings (SSSR count). The minimum absolute atomic E-state index is 0.0240. The summed E-state index contributed by atoms with van der Waals surface area (Å²) in [6.45, 7) is 13.9. The standard InChI is InChI=1S/C16H28N4O/c1-12(2)10-19-5-7-20(8-6-19)15-9-17-16(13(3)4)18-14(15)11-21/h9,12-13,21H,5-8,10-11H2,1-4H3. The van der Waals surface area contributed by atoms with E-state index in [1.807, 2.05) is 6.20 Å². The molecule has 1 fully saturated rings. The second-order valence-corrected chi connectivity index (χ2v) is 6.55. The van der Waals surface area contributed by atoms with E-state index in [-0.39, 0.29) is 12.5 Å². The summed E-state index contributed by atoms with van der Waals surface area (Å²) in [5.41, 5.74) is 1.75. The Hall–Kier alpha value is -1.20. The quantitative estimate of drug-likeness (QED) is 0.898. The third-order valence-corrected chi connectivity index (χ3v) is 3.87. The van der Waals surface area contributed by atoms with Crippen molar-refractivity contribution in [3.63, 3.8) is 0 Å².